The van der Waals surface area contributed by atoms with Crippen LogP contribution >= 0.6 is 0 Å². The average Bonchev–Trinajstić information content (AvgIpc) is 2.70. The number of oxime groups is 1. The van der Waals surface area contributed by atoms with Gasteiger partial charge in [0.05, 0.1) is 5.41 Å². The van der Waals surface area contributed by atoms with E-state index < -0.39 is 0 Å². The van der Waals surface area contributed by atoms with Crippen molar-refractivity contribution in [1.29, 1.82) is 0 Å². The smallest absolute Gasteiger partial charge is 0.232 e. The van der Waals surface area contributed by atoms with Gasteiger partial charge in [-0.1, -0.05) is 17.6 Å². The molecule has 0 aromatic carbocycles. The molecule has 1 N–H and O–H groups in total. The van der Waals surface area contributed by atoms with Crippen LogP contribution in [0.25, 0.3) is 0 Å². The van der Waals surface area contributed by atoms with Crippen molar-refractivity contribution in [2.75, 3.05) is 39.3 Å². The Labute approximate surface area is 155 Å². The number of aromatic nitrogens is 1. The van der Waals surface area contributed by atoms with Crippen LogP contribution in [0, 0.1) is 5.41 Å². The third-order valence-electron chi connectivity index (χ3n) is 5.88. The molecule has 3 aliphatic heterocycles. The molecule has 6 nitrogen and oxygen atoms in total. The van der Waals surface area contributed by atoms with Gasteiger partial charge in [0.1, 0.15) is 6.10 Å². The normalized spacial score (nSPS) is 26.5. The van der Waals surface area contributed by atoms with Crippen LogP contribution < -0.4 is 5.32 Å². The molecule has 2 saturated heterocycles. The molecule has 2 fully saturated rings. The number of piperidine rings is 2. The third kappa shape index (κ3) is 4.18. The van der Waals surface area contributed by atoms with E-state index in [-0.39, 0.29) is 11.5 Å². The first-order chi connectivity index (χ1) is 12.8. The lowest BCUT2D eigenvalue weighted by atomic mass is 9.74. The molecule has 0 saturated carbocycles. The largest absolute Gasteiger partial charge is 0.470 e. The van der Waals surface area contributed by atoms with Gasteiger partial charge in [-0.2, -0.15) is 0 Å². The molecular formula is C20H30N4O2. The summed E-state index contributed by atoms with van der Waals surface area (Å²) in [4.78, 5) is 12.4. The van der Waals surface area contributed by atoms with E-state index in [4.69, 9.17) is 9.57 Å². The molecule has 1 aromatic rings. The lowest BCUT2D eigenvalue weighted by Gasteiger charge is -2.41. The van der Waals surface area contributed by atoms with Gasteiger partial charge in [-0.25, -0.2) is 0 Å². The monoisotopic (exact) mass is 358 g/mol. The molecule has 0 bridgehead atoms. The summed E-state index contributed by atoms with van der Waals surface area (Å²) < 4.78 is 6.44. The van der Waals surface area contributed by atoms with Crippen molar-refractivity contribution in [3.05, 3.63) is 30.1 Å². The number of rotatable bonds is 5. The van der Waals surface area contributed by atoms with Crippen LogP contribution in [-0.2, 0) is 16.0 Å². The first kappa shape index (κ1) is 17.7. The number of likely N-dealkylation sites (tertiary alicyclic amines) is 1. The molecule has 1 aromatic heterocycles. The van der Waals surface area contributed by atoms with Crippen LogP contribution in [0.15, 0.2) is 29.7 Å². The summed E-state index contributed by atoms with van der Waals surface area (Å²) in [6, 6.07) is 4.15. The average molecular weight is 358 g/mol. The topological polar surface area (TPSA) is 59.0 Å². The first-order valence-electron chi connectivity index (χ1n) is 10.0. The van der Waals surface area contributed by atoms with E-state index in [0.717, 1.165) is 44.8 Å². The van der Waals surface area contributed by atoms with Gasteiger partial charge in [-0.05, 0) is 69.9 Å². The molecular weight excluding hydrogens is 328 g/mol. The first-order valence-corrected chi connectivity index (χ1v) is 10.0. The van der Waals surface area contributed by atoms with Gasteiger partial charge < -0.3 is 14.9 Å². The maximum absolute atomic E-state index is 6.44. The van der Waals surface area contributed by atoms with Gasteiger partial charge in [-0.15, -0.1) is 0 Å². The molecule has 6 heteroatoms. The van der Waals surface area contributed by atoms with E-state index in [2.05, 4.69) is 26.4 Å². The van der Waals surface area contributed by atoms with Gasteiger partial charge in [0, 0.05) is 18.9 Å². The van der Waals surface area contributed by atoms with Crippen molar-refractivity contribution in [2.45, 2.75) is 44.6 Å². The fraction of sp³-hybridized carbons (Fsp3) is 0.700. The maximum atomic E-state index is 6.44. The van der Waals surface area contributed by atoms with Crippen LogP contribution in [0.4, 0.5) is 0 Å². The van der Waals surface area contributed by atoms with Gasteiger partial charge in [0.2, 0.25) is 5.90 Å². The van der Waals surface area contributed by atoms with E-state index in [1.54, 1.807) is 0 Å². The fourth-order valence-corrected chi connectivity index (χ4v) is 4.40. The third-order valence-corrected chi connectivity index (χ3v) is 5.88. The van der Waals surface area contributed by atoms with E-state index >= 15 is 0 Å². The SMILES string of the molecule is c1cncc(CC2(C3=NOCC(CN4CCCCC4)O3)CCNCC2)c1. The Balaban J connectivity index is 1.47. The molecule has 0 amide bonds. The minimum absolute atomic E-state index is 0.0845. The zero-order valence-electron chi connectivity index (χ0n) is 15.5. The summed E-state index contributed by atoms with van der Waals surface area (Å²) in [6.45, 7) is 5.83. The van der Waals surface area contributed by atoms with E-state index in [1.165, 1.54) is 37.9 Å². The second kappa shape index (κ2) is 8.35. The quantitative estimate of drug-likeness (QED) is 0.874. The van der Waals surface area contributed by atoms with Crippen LogP contribution in [0.3, 0.4) is 0 Å². The summed E-state index contributed by atoms with van der Waals surface area (Å²) in [6.07, 6.45) is 10.7. The molecule has 0 spiro atoms. The van der Waals surface area contributed by atoms with Crippen LogP contribution in [-0.4, -0.2) is 61.2 Å². The van der Waals surface area contributed by atoms with Crippen molar-refractivity contribution in [3.63, 3.8) is 0 Å². The zero-order valence-corrected chi connectivity index (χ0v) is 15.5. The highest BCUT2D eigenvalue weighted by molar-refractivity contribution is 5.83. The van der Waals surface area contributed by atoms with E-state index in [9.17, 15) is 0 Å². The van der Waals surface area contributed by atoms with Gasteiger partial charge in [0.15, 0.2) is 6.61 Å². The zero-order chi connectivity index (χ0) is 17.7. The Morgan fingerprint density at radius 2 is 2.04 bits per heavy atom. The second-order valence-electron chi connectivity index (χ2n) is 7.86. The number of hydrogen-bond donors (Lipinski definition) is 1. The standard InChI is InChI=1S/C20H30N4O2/c1-2-11-24(12-3-1)15-18-16-25-23-19(26-18)20(6-9-21-10-7-20)13-17-5-4-8-22-14-17/h4-5,8,14,18,21H,1-3,6-7,9-13,15-16H2. The number of nitrogens with zero attached hydrogens (tertiary/aromatic N) is 3. The van der Waals surface area contributed by atoms with Crippen molar-refractivity contribution < 1.29 is 9.57 Å². The summed E-state index contributed by atoms with van der Waals surface area (Å²) in [5.74, 6) is 0.802. The fourth-order valence-electron chi connectivity index (χ4n) is 4.40. The Kier molecular flexibility index (Phi) is 5.70. The molecule has 4 heterocycles. The summed E-state index contributed by atoms with van der Waals surface area (Å²) >= 11 is 0. The van der Waals surface area contributed by atoms with Crippen LogP contribution in [0.2, 0.25) is 0 Å². The Hall–Kier alpha value is -1.66. The second-order valence-corrected chi connectivity index (χ2v) is 7.86. The lowest BCUT2D eigenvalue weighted by Crippen LogP contribution is -2.49. The summed E-state index contributed by atoms with van der Waals surface area (Å²) in [5.41, 5.74) is 1.15. The van der Waals surface area contributed by atoms with Gasteiger partial charge >= 0.3 is 0 Å². The molecule has 1 atom stereocenters. The maximum Gasteiger partial charge on any atom is 0.232 e. The highest BCUT2D eigenvalue weighted by Gasteiger charge is 2.42. The van der Waals surface area contributed by atoms with Crippen molar-refractivity contribution in [2.24, 2.45) is 10.6 Å². The molecule has 0 radical (unpaired) electrons. The summed E-state index contributed by atoms with van der Waals surface area (Å²) in [7, 11) is 0. The highest BCUT2D eigenvalue weighted by atomic mass is 16.7. The number of hydrogen-bond acceptors (Lipinski definition) is 6. The minimum Gasteiger partial charge on any atom is -0.470 e. The molecule has 4 rings (SSSR count). The molecule has 1 unspecified atom stereocenters. The predicted octanol–water partition coefficient (Wildman–Crippen LogP) is 2.21. The van der Waals surface area contributed by atoms with Crippen molar-refractivity contribution in [3.8, 4) is 0 Å². The van der Waals surface area contributed by atoms with Crippen molar-refractivity contribution >= 4 is 5.90 Å². The minimum atomic E-state index is -0.0884. The van der Waals surface area contributed by atoms with Gasteiger partial charge in [-0.3, -0.25) is 9.88 Å². The van der Waals surface area contributed by atoms with Crippen LogP contribution in [0.1, 0.15) is 37.7 Å². The van der Waals surface area contributed by atoms with E-state index in [1.807, 2.05) is 18.5 Å². The van der Waals surface area contributed by atoms with Crippen molar-refractivity contribution in [1.82, 2.24) is 15.2 Å². The Morgan fingerprint density at radius 1 is 1.19 bits per heavy atom. The molecule has 0 aliphatic carbocycles. The van der Waals surface area contributed by atoms with Crippen LogP contribution in [0.5, 0.6) is 0 Å². The lowest BCUT2D eigenvalue weighted by molar-refractivity contribution is -0.0242. The summed E-state index contributed by atoms with van der Waals surface area (Å²) in [5, 5.41) is 7.86. The molecule has 142 valence electrons. The Morgan fingerprint density at radius 3 is 2.81 bits per heavy atom. The Bertz CT molecular complexity index is 595. The highest BCUT2D eigenvalue weighted by Crippen LogP contribution is 2.36. The number of ether oxygens (including phenoxy) is 1. The molecule has 26 heavy (non-hydrogen) atoms. The van der Waals surface area contributed by atoms with E-state index in [0.29, 0.717) is 6.61 Å². The number of nitrogens with one attached hydrogen (secondary N) is 1. The predicted molar refractivity (Wildman–Crippen MR) is 101 cm³/mol. The van der Waals surface area contributed by atoms with Gasteiger partial charge in [0.25, 0.3) is 0 Å². The number of pyridine rings is 1. The molecule has 3 aliphatic rings.